The highest BCUT2D eigenvalue weighted by atomic mass is 79.9. The predicted molar refractivity (Wildman–Crippen MR) is 115 cm³/mol. The number of amides is 1. The van der Waals surface area contributed by atoms with E-state index in [9.17, 15) is 13.2 Å². The fourth-order valence-corrected chi connectivity index (χ4v) is 4.79. The topological polar surface area (TPSA) is 88.2 Å². The number of thiazole rings is 1. The smallest absolute Gasteiger partial charge is 0.263 e. The number of hydrogen-bond donors (Lipinski definition) is 2. The number of nitrogens with zero attached hydrogens (tertiary/aromatic N) is 1. The third-order valence-electron chi connectivity index (χ3n) is 3.82. The van der Waals surface area contributed by atoms with E-state index >= 15 is 0 Å². The summed E-state index contributed by atoms with van der Waals surface area (Å²) in [5.74, 6) is -0.132. The molecule has 0 bridgehead atoms. The van der Waals surface area contributed by atoms with Crippen molar-refractivity contribution >= 4 is 54.0 Å². The van der Waals surface area contributed by atoms with Crippen LogP contribution in [0.25, 0.3) is 0 Å². The average Bonchev–Trinajstić information content (AvgIpc) is 3.07. The second kappa shape index (κ2) is 8.85. The van der Waals surface area contributed by atoms with Crippen LogP contribution < -0.4 is 10.0 Å². The second-order valence-electron chi connectivity index (χ2n) is 6.12. The summed E-state index contributed by atoms with van der Waals surface area (Å²) < 4.78 is 28.2. The van der Waals surface area contributed by atoms with Gasteiger partial charge in [-0.25, -0.2) is 13.4 Å². The molecule has 146 valence electrons. The Hall–Kier alpha value is -2.23. The quantitative estimate of drug-likeness (QED) is 0.518. The normalized spacial score (nSPS) is 11.2. The number of aryl methyl sites for hydroxylation is 2. The van der Waals surface area contributed by atoms with Gasteiger partial charge in [-0.3, -0.25) is 9.52 Å². The number of aromatic nitrogens is 1. The lowest BCUT2D eigenvalue weighted by molar-refractivity contribution is -0.116. The minimum Gasteiger partial charge on any atom is -0.326 e. The Morgan fingerprint density at radius 1 is 1.18 bits per heavy atom. The van der Waals surface area contributed by atoms with Gasteiger partial charge >= 0.3 is 0 Å². The maximum atomic E-state index is 12.4. The van der Waals surface area contributed by atoms with Gasteiger partial charge in [-0.15, -0.1) is 11.3 Å². The summed E-state index contributed by atoms with van der Waals surface area (Å²) in [4.78, 5) is 16.5. The highest BCUT2D eigenvalue weighted by Crippen LogP contribution is 2.21. The number of halogens is 1. The maximum absolute atomic E-state index is 12.4. The molecule has 6 nitrogen and oxygen atoms in total. The molecule has 28 heavy (non-hydrogen) atoms. The Bertz CT molecular complexity index is 1080. The van der Waals surface area contributed by atoms with Crippen molar-refractivity contribution in [2.45, 2.75) is 24.7 Å². The lowest BCUT2D eigenvalue weighted by atomic mass is 10.2. The Balaban J connectivity index is 1.56. The molecule has 1 aromatic heterocycles. The standard InChI is InChI=1S/C19H18BrN3O3S2/c1-13-5-8-17(9-6-13)28(25,26)23-19-22-16(12-27-19)7-10-18(24)21-15-4-2-3-14(20)11-15/h2-6,8-9,11-12H,7,10H2,1H3,(H,21,24)(H,22,23). The molecular weight excluding hydrogens is 462 g/mol. The Kier molecular flexibility index (Phi) is 6.48. The van der Waals surface area contributed by atoms with Crippen molar-refractivity contribution < 1.29 is 13.2 Å². The van der Waals surface area contributed by atoms with Gasteiger partial charge < -0.3 is 5.32 Å². The van der Waals surface area contributed by atoms with Crippen LogP contribution in [0.1, 0.15) is 17.7 Å². The molecule has 0 fully saturated rings. The zero-order valence-corrected chi connectivity index (χ0v) is 18.2. The number of rotatable bonds is 7. The second-order valence-corrected chi connectivity index (χ2v) is 9.58. The van der Waals surface area contributed by atoms with Crippen molar-refractivity contribution in [2.75, 3.05) is 10.0 Å². The largest absolute Gasteiger partial charge is 0.326 e. The van der Waals surface area contributed by atoms with Crippen LogP contribution in [-0.4, -0.2) is 19.3 Å². The van der Waals surface area contributed by atoms with Gasteiger partial charge in [0.05, 0.1) is 10.6 Å². The van der Waals surface area contributed by atoms with Crippen LogP contribution >= 0.6 is 27.3 Å². The first kappa shape index (κ1) is 20.5. The zero-order valence-electron chi connectivity index (χ0n) is 15.0. The van der Waals surface area contributed by atoms with Crippen LogP contribution in [0.5, 0.6) is 0 Å². The molecule has 0 saturated heterocycles. The number of sulfonamides is 1. The summed E-state index contributed by atoms with van der Waals surface area (Å²) >= 11 is 4.55. The summed E-state index contributed by atoms with van der Waals surface area (Å²) in [6.45, 7) is 1.89. The number of nitrogens with one attached hydrogen (secondary N) is 2. The molecule has 0 unspecified atom stereocenters. The van der Waals surface area contributed by atoms with E-state index in [1.165, 1.54) is 11.3 Å². The van der Waals surface area contributed by atoms with Crippen LogP contribution in [0, 0.1) is 6.92 Å². The molecule has 2 aromatic carbocycles. The monoisotopic (exact) mass is 479 g/mol. The van der Waals surface area contributed by atoms with Crippen LogP contribution in [0.4, 0.5) is 10.8 Å². The lowest BCUT2D eigenvalue weighted by Gasteiger charge is -2.05. The highest BCUT2D eigenvalue weighted by molar-refractivity contribution is 9.10. The first-order valence-corrected chi connectivity index (χ1v) is 11.6. The summed E-state index contributed by atoms with van der Waals surface area (Å²) in [6, 6.07) is 13.9. The Labute approximate surface area is 176 Å². The SMILES string of the molecule is Cc1ccc(S(=O)(=O)Nc2nc(CCC(=O)Nc3cccc(Br)c3)cs2)cc1. The molecule has 9 heteroatoms. The van der Waals surface area contributed by atoms with Crippen molar-refractivity contribution in [3.8, 4) is 0 Å². The first-order valence-electron chi connectivity index (χ1n) is 8.41. The fourth-order valence-electron chi connectivity index (χ4n) is 2.39. The van der Waals surface area contributed by atoms with Gasteiger partial charge in [0.25, 0.3) is 10.0 Å². The average molecular weight is 480 g/mol. The van der Waals surface area contributed by atoms with Crippen LogP contribution in [0.15, 0.2) is 63.3 Å². The first-order chi connectivity index (χ1) is 13.3. The van der Waals surface area contributed by atoms with Gasteiger partial charge in [0.2, 0.25) is 5.91 Å². The van der Waals surface area contributed by atoms with E-state index in [1.54, 1.807) is 29.6 Å². The lowest BCUT2D eigenvalue weighted by Crippen LogP contribution is -2.13. The molecule has 0 atom stereocenters. The number of benzene rings is 2. The van der Waals surface area contributed by atoms with Gasteiger partial charge in [-0.05, 0) is 43.7 Å². The molecule has 3 rings (SSSR count). The van der Waals surface area contributed by atoms with Gasteiger partial charge in [-0.2, -0.15) is 0 Å². The zero-order chi connectivity index (χ0) is 20.1. The Morgan fingerprint density at radius 3 is 2.64 bits per heavy atom. The van der Waals surface area contributed by atoms with E-state index in [0.717, 1.165) is 10.0 Å². The minimum atomic E-state index is -3.68. The van der Waals surface area contributed by atoms with E-state index < -0.39 is 10.0 Å². The summed E-state index contributed by atoms with van der Waals surface area (Å²) in [6.07, 6.45) is 0.670. The molecule has 0 spiro atoms. The van der Waals surface area contributed by atoms with Gasteiger partial charge in [0, 0.05) is 22.0 Å². The molecular formula is C19H18BrN3O3S2. The molecule has 0 aliphatic heterocycles. The van der Waals surface area contributed by atoms with E-state index in [-0.39, 0.29) is 22.4 Å². The van der Waals surface area contributed by atoms with Crippen LogP contribution in [0.3, 0.4) is 0 Å². The van der Waals surface area contributed by atoms with E-state index in [0.29, 0.717) is 17.8 Å². The number of hydrogen-bond acceptors (Lipinski definition) is 5. The molecule has 2 N–H and O–H groups in total. The summed E-state index contributed by atoms with van der Waals surface area (Å²) in [7, 11) is -3.68. The fraction of sp³-hybridized carbons (Fsp3) is 0.158. The van der Waals surface area contributed by atoms with Gasteiger partial charge in [0.1, 0.15) is 0 Å². The van der Waals surface area contributed by atoms with E-state index in [1.807, 2.05) is 31.2 Å². The Morgan fingerprint density at radius 2 is 1.93 bits per heavy atom. The third-order valence-corrected chi connectivity index (χ3v) is 6.61. The van der Waals surface area contributed by atoms with E-state index in [4.69, 9.17) is 0 Å². The number of carbonyl (C=O) groups excluding carboxylic acids is 1. The van der Waals surface area contributed by atoms with E-state index in [2.05, 4.69) is 31.0 Å². The van der Waals surface area contributed by atoms with Crippen LogP contribution in [-0.2, 0) is 21.2 Å². The van der Waals surface area contributed by atoms with Gasteiger partial charge in [-0.1, -0.05) is 39.7 Å². The van der Waals surface area contributed by atoms with Crippen molar-refractivity contribution in [1.29, 1.82) is 0 Å². The molecule has 0 saturated carbocycles. The molecule has 0 aliphatic rings. The van der Waals surface area contributed by atoms with Crippen molar-refractivity contribution in [3.63, 3.8) is 0 Å². The minimum absolute atomic E-state index is 0.132. The van der Waals surface area contributed by atoms with Crippen molar-refractivity contribution in [2.24, 2.45) is 0 Å². The summed E-state index contributed by atoms with van der Waals surface area (Å²) in [5.41, 5.74) is 2.36. The predicted octanol–water partition coefficient (Wildman–Crippen LogP) is 4.59. The van der Waals surface area contributed by atoms with Crippen LogP contribution in [0.2, 0.25) is 0 Å². The molecule has 3 aromatic rings. The van der Waals surface area contributed by atoms with Crippen molar-refractivity contribution in [3.05, 3.63) is 69.6 Å². The molecule has 0 radical (unpaired) electrons. The van der Waals surface area contributed by atoms with Gasteiger partial charge in [0.15, 0.2) is 5.13 Å². The number of carbonyl (C=O) groups is 1. The molecule has 0 aliphatic carbocycles. The third kappa shape index (κ3) is 5.63. The number of anilines is 2. The maximum Gasteiger partial charge on any atom is 0.263 e. The summed E-state index contributed by atoms with van der Waals surface area (Å²) in [5, 5.41) is 4.85. The highest BCUT2D eigenvalue weighted by Gasteiger charge is 2.16. The van der Waals surface area contributed by atoms with Crippen molar-refractivity contribution in [1.82, 2.24) is 4.98 Å². The molecule has 1 heterocycles. The molecule has 1 amide bonds.